The minimum atomic E-state index is -0.378. The maximum Gasteiger partial charge on any atom is 0.269 e. The van der Waals surface area contributed by atoms with Crippen molar-refractivity contribution in [3.8, 4) is 5.75 Å². The molecule has 1 aliphatic rings. The second-order valence-corrected chi connectivity index (χ2v) is 5.12. The Morgan fingerprint density at radius 3 is 2.48 bits per heavy atom. The molecule has 1 aliphatic carbocycles. The van der Waals surface area contributed by atoms with Gasteiger partial charge in [-0.2, -0.15) is 0 Å². The number of nitro benzene ring substituents is 1. The molecule has 0 amide bonds. The third-order valence-electron chi connectivity index (χ3n) is 3.86. The zero-order valence-corrected chi connectivity index (χ0v) is 11.9. The van der Waals surface area contributed by atoms with E-state index in [0.29, 0.717) is 0 Å². The number of methoxy groups -OCH3 is 1. The van der Waals surface area contributed by atoms with E-state index in [1.54, 1.807) is 19.2 Å². The summed E-state index contributed by atoms with van der Waals surface area (Å²) in [6.45, 7) is 2.09. The standard InChI is InChI=1S/C17H15NO3/c1-11-10-15-14(4-3-5-16(15)21-2)17(11)12-6-8-13(9-7-12)18(19)20/h3-9H,10H2,1-2H3. The van der Waals surface area contributed by atoms with Crippen LogP contribution in [0.15, 0.2) is 48.0 Å². The van der Waals surface area contributed by atoms with Crippen LogP contribution in [0.1, 0.15) is 23.6 Å². The van der Waals surface area contributed by atoms with Gasteiger partial charge in [-0.05, 0) is 48.2 Å². The molecule has 0 bridgehead atoms. The summed E-state index contributed by atoms with van der Waals surface area (Å²) in [6.07, 6.45) is 0.853. The Morgan fingerprint density at radius 1 is 1.14 bits per heavy atom. The highest BCUT2D eigenvalue weighted by Gasteiger charge is 2.23. The number of allylic oxidation sites excluding steroid dienone is 1. The molecule has 0 atom stereocenters. The van der Waals surface area contributed by atoms with Crippen LogP contribution in [-0.4, -0.2) is 12.0 Å². The second-order valence-electron chi connectivity index (χ2n) is 5.12. The van der Waals surface area contributed by atoms with Gasteiger partial charge in [0.25, 0.3) is 5.69 Å². The lowest BCUT2D eigenvalue weighted by Gasteiger charge is -2.09. The van der Waals surface area contributed by atoms with Crippen molar-refractivity contribution in [3.63, 3.8) is 0 Å². The van der Waals surface area contributed by atoms with Crippen LogP contribution < -0.4 is 4.74 Å². The molecular formula is C17H15NO3. The van der Waals surface area contributed by atoms with E-state index < -0.39 is 0 Å². The van der Waals surface area contributed by atoms with E-state index in [2.05, 4.69) is 13.0 Å². The third kappa shape index (κ3) is 2.18. The van der Waals surface area contributed by atoms with Gasteiger partial charge in [0, 0.05) is 17.7 Å². The molecule has 0 fully saturated rings. The van der Waals surface area contributed by atoms with Gasteiger partial charge < -0.3 is 4.74 Å². The zero-order chi connectivity index (χ0) is 15.0. The van der Waals surface area contributed by atoms with Crippen LogP contribution in [0.25, 0.3) is 5.57 Å². The Morgan fingerprint density at radius 2 is 1.86 bits per heavy atom. The molecule has 4 nitrogen and oxygen atoms in total. The highest BCUT2D eigenvalue weighted by atomic mass is 16.6. The lowest BCUT2D eigenvalue weighted by atomic mass is 9.97. The van der Waals surface area contributed by atoms with Gasteiger partial charge in [-0.25, -0.2) is 0 Å². The molecular weight excluding hydrogens is 266 g/mol. The summed E-state index contributed by atoms with van der Waals surface area (Å²) < 4.78 is 5.42. The summed E-state index contributed by atoms with van der Waals surface area (Å²) in [5.41, 5.74) is 5.86. The van der Waals surface area contributed by atoms with E-state index >= 15 is 0 Å². The van der Waals surface area contributed by atoms with Gasteiger partial charge in [0.2, 0.25) is 0 Å². The molecule has 0 N–H and O–H groups in total. The molecule has 2 aromatic carbocycles. The molecule has 4 heteroatoms. The largest absolute Gasteiger partial charge is 0.496 e. The Balaban J connectivity index is 2.08. The number of ether oxygens (including phenoxy) is 1. The Kier molecular flexibility index (Phi) is 3.22. The van der Waals surface area contributed by atoms with Crippen LogP contribution in [0.3, 0.4) is 0 Å². The van der Waals surface area contributed by atoms with Gasteiger partial charge in [-0.3, -0.25) is 10.1 Å². The first kappa shape index (κ1) is 13.4. The molecule has 3 rings (SSSR count). The maximum absolute atomic E-state index is 10.8. The third-order valence-corrected chi connectivity index (χ3v) is 3.86. The lowest BCUT2D eigenvalue weighted by Crippen LogP contribution is -1.93. The highest BCUT2D eigenvalue weighted by molar-refractivity contribution is 5.88. The molecule has 0 aliphatic heterocycles. The molecule has 0 aromatic heterocycles. The topological polar surface area (TPSA) is 52.4 Å². The van der Waals surface area contributed by atoms with Crippen LogP contribution in [-0.2, 0) is 6.42 Å². The number of benzene rings is 2. The summed E-state index contributed by atoms with van der Waals surface area (Å²) in [6, 6.07) is 12.7. The minimum Gasteiger partial charge on any atom is -0.496 e. The van der Waals surface area contributed by atoms with Crippen molar-refractivity contribution >= 4 is 11.3 Å². The molecule has 0 spiro atoms. The number of nitrogens with zero attached hydrogens (tertiary/aromatic N) is 1. The summed E-state index contributed by atoms with van der Waals surface area (Å²) in [7, 11) is 1.68. The summed E-state index contributed by atoms with van der Waals surface area (Å²) in [5, 5.41) is 10.8. The van der Waals surface area contributed by atoms with Gasteiger partial charge in [-0.15, -0.1) is 0 Å². The van der Waals surface area contributed by atoms with Crippen molar-refractivity contribution in [1.82, 2.24) is 0 Å². The fraction of sp³-hybridized carbons (Fsp3) is 0.176. The van der Waals surface area contributed by atoms with Crippen molar-refractivity contribution in [1.29, 1.82) is 0 Å². The lowest BCUT2D eigenvalue weighted by molar-refractivity contribution is -0.384. The van der Waals surface area contributed by atoms with Crippen LogP contribution in [0.2, 0.25) is 0 Å². The second kappa shape index (κ2) is 5.05. The van der Waals surface area contributed by atoms with Crippen molar-refractivity contribution in [3.05, 3.63) is 74.8 Å². The fourth-order valence-electron chi connectivity index (χ4n) is 2.91. The Hall–Kier alpha value is -2.62. The van der Waals surface area contributed by atoms with Crippen LogP contribution >= 0.6 is 0 Å². The van der Waals surface area contributed by atoms with E-state index in [-0.39, 0.29) is 10.6 Å². The first-order valence-corrected chi connectivity index (χ1v) is 6.72. The molecule has 106 valence electrons. The number of non-ortho nitro benzene ring substituents is 1. The normalized spacial score (nSPS) is 13.2. The van der Waals surface area contributed by atoms with E-state index in [0.717, 1.165) is 28.9 Å². The number of nitro groups is 1. The Bertz CT molecular complexity index is 745. The smallest absolute Gasteiger partial charge is 0.269 e. The zero-order valence-electron chi connectivity index (χ0n) is 11.9. The predicted molar refractivity (Wildman–Crippen MR) is 81.5 cm³/mol. The van der Waals surface area contributed by atoms with Gasteiger partial charge in [-0.1, -0.05) is 17.7 Å². The number of fused-ring (bicyclic) bond motifs is 1. The Labute approximate surface area is 122 Å². The van der Waals surface area contributed by atoms with E-state index in [4.69, 9.17) is 4.74 Å². The van der Waals surface area contributed by atoms with Crippen LogP contribution in [0.5, 0.6) is 5.75 Å². The first-order chi connectivity index (χ1) is 10.1. The van der Waals surface area contributed by atoms with Crippen molar-refractivity contribution in [2.45, 2.75) is 13.3 Å². The molecule has 0 saturated carbocycles. The quantitative estimate of drug-likeness (QED) is 0.631. The highest BCUT2D eigenvalue weighted by Crippen LogP contribution is 2.41. The number of hydrogen-bond acceptors (Lipinski definition) is 3. The summed E-state index contributed by atoms with van der Waals surface area (Å²) in [4.78, 5) is 10.4. The first-order valence-electron chi connectivity index (χ1n) is 6.72. The van der Waals surface area contributed by atoms with Crippen molar-refractivity contribution in [2.24, 2.45) is 0 Å². The summed E-state index contributed by atoms with van der Waals surface area (Å²) in [5.74, 6) is 0.892. The number of rotatable bonds is 3. The van der Waals surface area contributed by atoms with Gasteiger partial charge in [0.05, 0.1) is 12.0 Å². The average molecular weight is 281 g/mol. The van der Waals surface area contributed by atoms with Crippen molar-refractivity contribution < 1.29 is 9.66 Å². The minimum absolute atomic E-state index is 0.112. The molecule has 0 saturated heterocycles. The van der Waals surface area contributed by atoms with E-state index in [9.17, 15) is 10.1 Å². The number of hydrogen-bond donors (Lipinski definition) is 0. The molecule has 2 aromatic rings. The van der Waals surface area contributed by atoms with Gasteiger partial charge >= 0.3 is 0 Å². The van der Waals surface area contributed by atoms with Crippen molar-refractivity contribution in [2.75, 3.05) is 7.11 Å². The molecule has 0 radical (unpaired) electrons. The SMILES string of the molecule is COc1cccc2c1CC(C)=C2c1ccc([N+](=O)[O-])cc1. The summed E-state index contributed by atoms with van der Waals surface area (Å²) >= 11 is 0. The van der Waals surface area contributed by atoms with E-state index in [1.165, 1.54) is 11.1 Å². The van der Waals surface area contributed by atoms with Crippen LogP contribution in [0, 0.1) is 10.1 Å². The average Bonchev–Trinajstić information content (AvgIpc) is 2.83. The van der Waals surface area contributed by atoms with Crippen LogP contribution in [0.4, 0.5) is 5.69 Å². The molecule has 21 heavy (non-hydrogen) atoms. The monoisotopic (exact) mass is 281 g/mol. The van der Waals surface area contributed by atoms with Gasteiger partial charge in [0.15, 0.2) is 0 Å². The predicted octanol–water partition coefficient (Wildman–Crippen LogP) is 3.98. The molecule has 0 heterocycles. The fourth-order valence-corrected chi connectivity index (χ4v) is 2.91. The molecule has 0 unspecified atom stereocenters. The maximum atomic E-state index is 10.8. The van der Waals surface area contributed by atoms with E-state index in [1.807, 2.05) is 24.3 Å². The van der Waals surface area contributed by atoms with Gasteiger partial charge in [0.1, 0.15) is 5.75 Å².